The Bertz CT molecular complexity index is 319. The second kappa shape index (κ2) is 4.74. The summed E-state index contributed by atoms with van der Waals surface area (Å²) in [5.74, 6) is -6.85. The van der Waals surface area contributed by atoms with Crippen molar-refractivity contribution in [1.29, 1.82) is 0 Å². The minimum Gasteiger partial charge on any atom is -0.281 e. The predicted octanol–water partition coefficient (Wildman–Crippen LogP) is 1.28. The van der Waals surface area contributed by atoms with Gasteiger partial charge in [0, 0.05) is 51.4 Å². The van der Waals surface area contributed by atoms with Gasteiger partial charge >= 0.3 is 27.5 Å². The summed E-state index contributed by atoms with van der Waals surface area (Å²) < 4.78 is 108. The molecule has 0 heterocycles. The zero-order valence-corrected chi connectivity index (χ0v) is 10.8. The molecule has 0 aromatic carbocycles. The number of halogens is 7. The Balaban J connectivity index is 0. The molecule has 0 aromatic heterocycles. The van der Waals surface area contributed by atoms with Crippen LogP contribution in [0.2, 0.25) is 0 Å². The molecule has 0 atom stereocenters. The first-order valence-corrected chi connectivity index (χ1v) is 3.98. The minimum absolute atomic E-state index is 0. The van der Waals surface area contributed by atoms with Gasteiger partial charge in [0.1, 0.15) is 0 Å². The van der Waals surface area contributed by atoms with Crippen molar-refractivity contribution in [2.45, 2.75) is 17.4 Å². The molecule has 3 nitrogen and oxygen atoms in total. The van der Waals surface area contributed by atoms with E-state index in [4.69, 9.17) is 4.55 Å². The van der Waals surface area contributed by atoms with Crippen molar-refractivity contribution < 1.29 is 43.7 Å². The van der Waals surface area contributed by atoms with E-state index >= 15 is 0 Å². The first kappa shape index (κ1) is 18.4. The largest absolute Gasteiger partial charge is 0.461 e. The molecule has 0 saturated carbocycles. The van der Waals surface area contributed by atoms with Crippen LogP contribution in [0.3, 0.4) is 0 Å². The van der Waals surface area contributed by atoms with Gasteiger partial charge < -0.3 is 0 Å². The van der Waals surface area contributed by atoms with Crippen LogP contribution in [-0.2, 0) is 10.1 Å². The summed E-state index contributed by atoms with van der Waals surface area (Å²) >= 11 is 0. The topological polar surface area (TPSA) is 54.4 Å². The molecule has 12 heteroatoms. The normalized spacial score (nSPS) is 14.7. The van der Waals surface area contributed by atoms with Crippen LogP contribution in [-0.4, -0.2) is 81.7 Å². The third-order valence-electron chi connectivity index (χ3n) is 1.05. The molecule has 1 N–H and O–H groups in total. The fourth-order valence-corrected chi connectivity index (χ4v) is 0.767. The Morgan fingerprint density at radius 2 is 1.13 bits per heavy atom. The average Bonchev–Trinajstić information content (AvgIpc) is 1.81. The van der Waals surface area contributed by atoms with E-state index in [1.807, 2.05) is 0 Å². The third-order valence-corrected chi connectivity index (χ3v) is 1.95. The molecule has 0 rings (SSSR count). The smallest absolute Gasteiger partial charge is 0.281 e. The first-order chi connectivity index (χ1) is 5.75. The van der Waals surface area contributed by atoms with E-state index in [2.05, 4.69) is 0 Å². The van der Waals surface area contributed by atoms with Gasteiger partial charge in [0.15, 0.2) is 0 Å². The van der Waals surface area contributed by atoms with Crippen LogP contribution in [0.1, 0.15) is 0 Å². The molecule has 0 unspecified atom stereocenters. The molecule has 0 saturated heterocycles. The Kier molecular flexibility index (Phi) is 5.82. The third kappa shape index (κ3) is 3.26. The van der Waals surface area contributed by atoms with Crippen molar-refractivity contribution in [3.8, 4) is 0 Å². The van der Waals surface area contributed by atoms with Crippen molar-refractivity contribution in [1.82, 2.24) is 0 Å². The Morgan fingerprint density at radius 3 is 1.20 bits per heavy atom. The molecule has 87 valence electrons. The van der Waals surface area contributed by atoms with Crippen LogP contribution >= 0.6 is 0 Å². The van der Waals surface area contributed by atoms with Gasteiger partial charge in [-0.05, 0) is 0 Å². The minimum atomic E-state index is -6.85. The number of rotatable bonds is 2. The Labute approximate surface area is 121 Å². The van der Waals surface area contributed by atoms with E-state index in [0.29, 0.717) is 0 Å². The molecule has 0 amide bonds. The van der Waals surface area contributed by atoms with Gasteiger partial charge in [-0.15, -0.1) is 0 Å². The Hall–Kier alpha value is 1.06. The molecule has 0 aliphatic heterocycles. The summed E-state index contributed by atoms with van der Waals surface area (Å²) in [6.07, 6.45) is -6.79. The summed E-state index contributed by atoms with van der Waals surface area (Å²) in [6, 6.07) is 0. The maximum absolute atomic E-state index is 11.9. The van der Waals surface area contributed by atoms with E-state index in [0.717, 1.165) is 0 Å². The average molecular weight is 289 g/mol. The molecule has 0 spiro atoms. The quantitative estimate of drug-likeness (QED) is 0.473. The maximum Gasteiger partial charge on any atom is 0.461 e. The van der Waals surface area contributed by atoms with E-state index in [-0.39, 0.29) is 51.4 Å². The maximum atomic E-state index is 11.9. The molecule has 0 bridgehead atoms. The zero-order chi connectivity index (χ0) is 12.0. The molecular formula is C3HF7KO3S. The summed E-state index contributed by atoms with van der Waals surface area (Å²) in [5.41, 5.74) is 0. The summed E-state index contributed by atoms with van der Waals surface area (Å²) in [7, 11) is -6.85. The number of alkyl halides is 7. The standard InChI is InChI=1S/C3HF7O3S.K/c4-1(5,2(6,7)8)3(9,10)14(11,12)13;/h(H,11,12,13);. The van der Waals surface area contributed by atoms with Crippen molar-refractivity contribution in [2.75, 3.05) is 0 Å². The summed E-state index contributed by atoms with van der Waals surface area (Å²) in [4.78, 5) is 0. The van der Waals surface area contributed by atoms with Crippen molar-refractivity contribution in [3.63, 3.8) is 0 Å². The van der Waals surface area contributed by atoms with Gasteiger partial charge in [0.2, 0.25) is 0 Å². The predicted molar refractivity (Wildman–Crippen MR) is 33.3 cm³/mol. The van der Waals surface area contributed by atoms with Crippen LogP contribution in [0.25, 0.3) is 0 Å². The van der Waals surface area contributed by atoms with Crippen LogP contribution in [0, 0.1) is 0 Å². The van der Waals surface area contributed by atoms with Gasteiger partial charge in [-0.25, -0.2) is 0 Å². The van der Waals surface area contributed by atoms with Crippen LogP contribution in [0.15, 0.2) is 0 Å². The van der Waals surface area contributed by atoms with Gasteiger partial charge in [-0.3, -0.25) is 4.55 Å². The Morgan fingerprint density at radius 1 is 0.867 bits per heavy atom. The van der Waals surface area contributed by atoms with Gasteiger partial charge in [-0.1, -0.05) is 0 Å². The fraction of sp³-hybridized carbons (Fsp3) is 1.00. The van der Waals surface area contributed by atoms with Gasteiger partial charge in [0.25, 0.3) is 0 Å². The fourth-order valence-electron chi connectivity index (χ4n) is 0.327. The van der Waals surface area contributed by atoms with E-state index in [1.165, 1.54) is 0 Å². The van der Waals surface area contributed by atoms with E-state index in [9.17, 15) is 39.2 Å². The zero-order valence-electron chi connectivity index (χ0n) is 6.82. The second-order valence-corrected chi connectivity index (χ2v) is 3.53. The van der Waals surface area contributed by atoms with Crippen LogP contribution in [0.4, 0.5) is 30.7 Å². The molecular weight excluding hydrogens is 288 g/mol. The van der Waals surface area contributed by atoms with Crippen LogP contribution < -0.4 is 0 Å². The van der Waals surface area contributed by atoms with Gasteiger partial charge in [-0.2, -0.15) is 39.2 Å². The van der Waals surface area contributed by atoms with E-state index < -0.39 is 27.5 Å². The van der Waals surface area contributed by atoms with Crippen molar-refractivity contribution >= 4 is 61.5 Å². The molecule has 0 aliphatic rings. The first-order valence-electron chi connectivity index (χ1n) is 2.54. The molecule has 15 heavy (non-hydrogen) atoms. The van der Waals surface area contributed by atoms with Crippen LogP contribution in [0.5, 0.6) is 0 Å². The summed E-state index contributed by atoms with van der Waals surface area (Å²) in [6.45, 7) is 0. The SMILES string of the molecule is O=S(=O)(O)C(F)(F)C(F)(F)C(F)(F)F.[K]. The summed E-state index contributed by atoms with van der Waals surface area (Å²) in [5, 5.41) is -6.61. The molecule has 0 aliphatic carbocycles. The number of hydrogen-bond acceptors (Lipinski definition) is 2. The van der Waals surface area contributed by atoms with Gasteiger partial charge in [0.05, 0.1) is 0 Å². The van der Waals surface area contributed by atoms with E-state index in [1.54, 1.807) is 0 Å². The molecule has 0 fully saturated rings. The monoisotopic (exact) mass is 289 g/mol. The number of hydrogen-bond donors (Lipinski definition) is 1. The molecule has 1 radical (unpaired) electrons. The van der Waals surface area contributed by atoms with Crippen molar-refractivity contribution in [2.24, 2.45) is 0 Å². The van der Waals surface area contributed by atoms with Crippen molar-refractivity contribution in [3.05, 3.63) is 0 Å². The molecule has 0 aromatic rings. The second-order valence-electron chi connectivity index (χ2n) is 2.06.